The Balaban J connectivity index is 2.53. The average Bonchev–Trinajstić information content (AvgIpc) is 2.29. The first kappa shape index (κ1) is 13.2. The number of ether oxygens (including phenoxy) is 1. The summed E-state index contributed by atoms with van der Waals surface area (Å²) in [7, 11) is -3.13. The van der Waals surface area contributed by atoms with Crippen molar-refractivity contribution < 1.29 is 18.3 Å². The lowest BCUT2D eigenvalue weighted by atomic mass is 10.3. The second-order valence-corrected chi connectivity index (χ2v) is 4.94. The molecule has 0 saturated heterocycles. The van der Waals surface area contributed by atoms with Gasteiger partial charge >= 0.3 is 7.60 Å². The van der Waals surface area contributed by atoms with E-state index >= 15 is 0 Å². The van der Waals surface area contributed by atoms with Gasteiger partial charge in [-0.3, -0.25) is 4.57 Å². The van der Waals surface area contributed by atoms with E-state index in [9.17, 15) is 4.57 Å². The van der Waals surface area contributed by atoms with Crippen molar-refractivity contribution in [2.24, 2.45) is 0 Å². The molecule has 1 aromatic rings. The number of rotatable bonds is 7. The summed E-state index contributed by atoms with van der Waals surface area (Å²) >= 11 is 0. The van der Waals surface area contributed by atoms with Crippen LogP contribution in [0.3, 0.4) is 0 Å². The van der Waals surface area contributed by atoms with Gasteiger partial charge in [0.05, 0.1) is 13.2 Å². The minimum atomic E-state index is -3.13. The maximum Gasteiger partial charge on any atom is 0.367 e. The predicted molar refractivity (Wildman–Crippen MR) is 61.6 cm³/mol. The minimum absolute atomic E-state index is 0.0881. The van der Waals surface area contributed by atoms with Crippen molar-refractivity contribution in [1.29, 1.82) is 0 Å². The highest BCUT2D eigenvalue weighted by Crippen LogP contribution is 2.47. The Kier molecular flexibility index (Phi) is 5.53. The first-order valence-electron chi connectivity index (χ1n) is 5.18. The second-order valence-electron chi connectivity index (χ2n) is 2.95. The second kappa shape index (κ2) is 6.69. The summed E-state index contributed by atoms with van der Waals surface area (Å²) in [5.41, 5.74) is 0. The van der Waals surface area contributed by atoms with Crippen LogP contribution in [0.4, 0.5) is 0 Å². The highest BCUT2D eigenvalue weighted by Gasteiger charge is 2.24. The van der Waals surface area contributed by atoms with Crippen LogP contribution < -0.4 is 4.74 Å². The molecule has 4 nitrogen and oxygen atoms in total. The molecule has 0 aliphatic carbocycles. The van der Waals surface area contributed by atoms with E-state index in [2.05, 4.69) is 6.07 Å². The highest BCUT2D eigenvalue weighted by atomic mass is 31.2. The van der Waals surface area contributed by atoms with Crippen molar-refractivity contribution in [2.45, 2.75) is 13.8 Å². The van der Waals surface area contributed by atoms with Crippen molar-refractivity contribution >= 4 is 7.60 Å². The fourth-order valence-corrected chi connectivity index (χ4v) is 2.43. The van der Waals surface area contributed by atoms with Crippen LogP contribution in [0.2, 0.25) is 0 Å². The van der Waals surface area contributed by atoms with Crippen LogP contribution in [0.1, 0.15) is 13.8 Å². The molecule has 5 heteroatoms. The average molecular weight is 243 g/mol. The van der Waals surface area contributed by atoms with Crippen molar-refractivity contribution in [2.75, 3.05) is 19.6 Å². The van der Waals surface area contributed by atoms with E-state index in [1.807, 2.05) is 12.1 Å². The molecule has 1 rings (SSSR count). The molecule has 1 radical (unpaired) electrons. The van der Waals surface area contributed by atoms with Gasteiger partial charge in [-0.2, -0.15) is 0 Å². The molecule has 16 heavy (non-hydrogen) atoms. The Morgan fingerprint density at radius 2 is 1.94 bits per heavy atom. The van der Waals surface area contributed by atoms with E-state index in [-0.39, 0.29) is 6.35 Å². The third kappa shape index (κ3) is 4.35. The van der Waals surface area contributed by atoms with E-state index in [4.69, 9.17) is 13.8 Å². The molecule has 0 heterocycles. The molecular weight excluding hydrogens is 227 g/mol. The lowest BCUT2D eigenvalue weighted by Gasteiger charge is -2.17. The maximum absolute atomic E-state index is 12.0. The smallest absolute Gasteiger partial charge is 0.367 e. The van der Waals surface area contributed by atoms with Crippen molar-refractivity contribution in [3.05, 3.63) is 30.3 Å². The van der Waals surface area contributed by atoms with E-state index in [0.29, 0.717) is 19.0 Å². The van der Waals surface area contributed by atoms with Crippen molar-refractivity contribution in [1.82, 2.24) is 0 Å². The van der Waals surface area contributed by atoms with Gasteiger partial charge in [-0.25, -0.2) is 0 Å². The molecule has 0 aliphatic heterocycles. The SMILES string of the molecule is CCOP(=O)(COc1[c]cccc1)OCC. The zero-order valence-corrected chi connectivity index (χ0v) is 10.4. The first-order chi connectivity index (χ1) is 7.70. The normalized spacial score (nSPS) is 11.4. The molecule has 0 bridgehead atoms. The molecule has 0 N–H and O–H groups in total. The van der Waals surface area contributed by atoms with Gasteiger partial charge < -0.3 is 13.8 Å². The van der Waals surface area contributed by atoms with E-state index in [1.54, 1.807) is 26.0 Å². The Bertz CT molecular complexity index is 329. The molecule has 1 aromatic carbocycles. The molecule has 0 saturated carbocycles. The summed E-state index contributed by atoms with van der Waals surface area (Å²) in [4.78, 5) is 0. The lowest BCUT2D eigenvalue weighted by Crippen LogP contribution is -2.05. The number of benzene rings is 1. The van der Waals surface area contributed by atoms with Gasteiger partial charge in [0.25, 0.3) is 0 Å². The van der Waals surface area contributed by atoms with Gasteiger partial charge in [-0.1, -0.05) is 18.2 Å². The van der Waals surface area contributed by atoms with Gasteiger partial charge in [-0.05, 0) is 19.9 Å². The summed E-state index contributed by atoms with van der Waals surface area (Å²) in [6.07, 6.45) is -0.0881. The summed E-state index contributed by atoms with van der Waals surface area (Å²) in [5.74, 6) is 0.530. The molecular formula is C11H16O4P. The van der Waals surface area contributed by atoms with Crippen LogP contribution in [0.15, 0.2) is 24.3 Å². The van der Waals surface area contributed by atoms with Crippen molar-refractivity contribution in [3.8, 4) is 5.75 Å². The molecule has 89 valence electrons. The van der Waals surface area contributed by atoms with Gasteiger partial charge in [0, 0.05) is 6.07 Å². The summed E-state index contributed by atoms with van der Waals surface area (Å²) in [5, 5.41) is 0. The monoisotopic (exact) mass is 243 g/mol. The fourth-order valence-electron chi connectivity index (χ4n) is 1.12. The first-order valence-corrected chi connectivity index (χ1v) is 6.90. The molecule has 0 spiro atoms. The van der Waals surface area contributed by atoms with Crippen LogP contribution in [-0.4, -0.2) is 19.6 Å². The van der Waals surface area contributed by atoms with Gasteiger partial charge in [0.15, 0.2) is 6.35 Å². The topological polar surface area (TPSA) is 44.8 Å². The standard InChI is InChI=1S/C11H16O4P/c1-3-14-16(12,15-4-2)10-13-11-8-6-5-7-9-11/h5-8H,3-4,10H2,1-2H3. The third-order valence-electron chi connectivity index (χ3n) is 1.71. The molecule has 0 unspecified atom stereocenters. The summed E-state index contributed by atoms with van der Waals surface area (Å²) in [6, 6.07) is 9.98. The zero-order chi connectivity index (χ0) is 11.9. The van der Waals surface area contributed by atoms with Crippen LogP contribution in [0.5, 0.6) is 5.75 Å². The van der Waals surface area contributed by atoms with Gasteiger partial charge in [-0.15, -0.1) is 0 Å². The minimum Gasteiger partial charge on any atom is -0.480 e. The number of para-hydroxylation sites is 1. The number of hydrogen-bond acceptors (Lipinski definition) is 4. The quantitative estimate of drug-likeness (QED) is 0.690. The van der Waals surface area contributed by atoms with Crippen LogP contribution in [-0.2, 0) is 13.6 Å². The summed E-state index contributed by atoms with van der Waals surface area (Å²) < 4.78 is 27.5. The van der Waals surface area contributed by atoms with E-state index in [1.165, 1.54) is 0 Å². The maximum atomic E-state index is 12.0. The highest BCUT2D eigenvalue weighted by molar-refractivity contribution is 7.53. The molecule has 0 amide bonds. The van der Waals surface area contributed by atoms with Crippen LogP contribution in [0.25, 0.3) is 0 Å². The van der Waals surface area contributed by atoms with E-state index < -0.39 is 7.60 Å². The van der Waals surface area contributed by atoms with Gasteiger partial charge in [0.1, 0.15) is 5.75 Å². The Morgan fingerprint density at radius 3 is 2.44 bits per heavy atom. The predicted octanol–water partition coefficient (Wildman–Crippen LogP) is 3.09. The molecule has 0 aromatic heterocycles. The van der Waals surface area contributed by atoms with E-state index in [0.717, 1.165) is 0 Å². The molecule has 0 atom stereocenters. The Morgan fingerprint density at radius 1 is 1.25 bits per heavy atom. The Labute approximate surface area is 96.1 Å². The van der Waals surface area contributed by atoms with Crippen LogP contribution >= 0.6 is 7.60 Å². The molecule has 0 aliphatic rings. The Hall–Kier alpha value is -0.830. The summed E-state index contributed by atoms with van der Waals surface area (Å²) in [6.45, 7) is 4.19. The van der Waals surface area contributed by atoms with Gasteiger partial charge in [0.2, 0.25) is 0 Å². The lowest BCUT2D eigenvalue weighted by molar-refractivity contribution is 0.197. The zero-order valence-electron chi connectivity index (χ0n) is 9.51. The third-order valence-corrected chi connectivity index (χ3v) is 3.46. The fraction of sp³-hybridized carbons (Fsp3) is 0.455. The van der Waals surface area contributed by atoms with Crippen molar-refractivity contribution in [3.63, 3.8) is 0 Å². The number of hydrogen-bond donors (Lipinski definition) is 0. The molecule has 0 fully saturated rings. The largest absolute Gasteiger partial charge is 0.480 e. The van der Waals surface area contributed by atoms with Crippen LogP contribution in [0, 0.1) is 6.07 Å².